The van der Waals surface area contributed by atoms with Crippen LogP contribution in [-0.4, -0.2) is 6.21 Å². The lowest BCUT2D eigenvalue weighted by Crippen LogP contribution is -2.00. The molecule has 0 bridgehead atoms. The second-order valence-corrected chi connectivity index (χ2v) is 11.1. The minimum Gasteiger partial charge on any atom is -0.405 e. The smallest absolute Gasteiger partial charge is 0.0543 e. The molecule has 0 amide bonds. The van der Waals surface area contributed by atoms with Crippen molar-refractivity contribution in [2.45, 2.75) is 27.2 Å². The summed E-state index contributed by atoms with van der Waals surface area (Å²) in [6.07, 6.45) is 26.3. The third-order valence-corrected chi connectivity index (χ3v) is 7.88. The number of hydrogen-bond donors (Lipinski definition) is 3. The summed E-state index contributed by atoms with van der Waals surface area (Å²) in [5, 5.41) is 11.0. The molecule has 0 aliphatic carbocycles. The molecule has 0 aliphatic heterocycles. The zero-order chi connectivity index (χ0) is 34.1. The first-order chi connectivity index (χ1) is 23.5. The van der Waals surface area contributed by atoms with Crippen LogP contribution in [0, 0.1) is 5.41 Å². The maximum atomic E-state index is 7.24. The van der Waals surface area contributed by atoms with Gasteiger partial charge in [-0.3, -0.25) is 0 Å². The molecule has 0 saturated heterocycles. The lowest BCUT2D eigenvalue weighted by molar-refractivity contribution is 1.27. The van der Waals surface area contributed by atoms with Gasteiger partial charge in [-0.25, -0.2) is 0 Å². The molecule has 0 aromatic heterocycles. The van der Waals surface area contributed by atoms with Crippen molar-refractivity contribution in [1.29, 1.82) is 5.41 Å². The molecule has 0 heterocycles. The molecule has 0 aliphatic rings. The normalized spacial score (nSPS) is 12.6. The average molecular weight is 628 g/mol. The van der Waals surface area contributed by atoms with Crippen LogP contribution in [0.15, 0.2) is 152 Å². The average Bonchev–Trinajstić information content (AvgIpc) is 3.11. The van der Waals surface area contributed by atoms with Crippen molar-refractivity contribution in [2.75, 3.05) is 5.32 Å². The summed E-state index contributed by atoms with van der Waals surface area (Å²) in [5.74, 6) is 0. The second-order valence-electron chi connectivity index (χ2n) is 11.1. The van der Waals surface area contributed by atoms with E-state index < -0.39 is 0 Å². The fourth-order valence-electron chi connectivity index (χ4n) is 5.46. The molecule has 0 unspecified atom stereocenters. The van der Waals surface area contributed by atoms with Crippen LogP contribution in [0.4, 0.5) is 11.4 Å². The van der Waals surface area contributed by atoms with Crippen molar-refractivity contribution >= 4 is 52.5 Å². The van der Waals surface area contributed by atoms with Crippen LogP contribution in [0.25, 0.3) is 34.9 Å². The van der Waals surface area contributed by atoms with Crippen LogP contribution in [0.2, 0.25) is 0 Å². The highest BCUT2D eigenvalue weighted by Gasteiger charge is 2.13. The maximum Gasteiger partial charge on any atom is 0.0543 e. The summed E-state index contributed by atoms with van der Waals surface area (Å²) in [5.41, 5.74) is 18.5. The van der Waals surface area contributed by atoms with Crippen molar-refractivity contribution < 1.29 is 0 Å². The molecule has 4 rings (SSSR count). The Hall–Kier alpha value is -5.93. The third kappa shape index (κ3) is 9.54. The van der Waals surface area contributed by atoms with Crippen LogP contribution < -0.4 is 11.1 Å². The quantitative estimate of drug-likeness (QED) is 0.0740. The van der Waals surface area contributed by atoms with E-state index in [0.717, 1.165) is 67.9 Å². The predicted molar refractivity (Wildman–Crippen MR) is 213 cm³/mol. The summed E-state index contributed by atoms with van der Waals surface area (Å²) in [6, 6.07) is 31.5. The highest BCUT2D eigenvalue weighted by Crippen LogP contribution is 2.35. The number of hydrogen-bond acceptors (Lipinski definition) is 3. The fraction of sp³-hybridized carbons (Fsp3) is 0.0889. The van der Waals surface area contributed by atoms with Crippen molar-refractivity contribution in [2.24, 2.45) is 5.73 Å². The Morgan fingerprint density at radius 2 is 1.50 bits per heavy atom. The number of nitrogens with two attached hydrogens (primary N) is 1. The molecule has 4 N–H and O–H groups in total. The van der Waals surface area contributed by atoms with Crippen LogP contribution in [0.1, 0.15) is 59.7 Å². The van der Waals surface area contributed by atoms with Gasteiger partial charge in [-0.2, -0.15) is 0 Å². The molecule has 0 radical (unpaired) electrons. The van der Waals surface area contributed by atoms with Gasteiger partial charge in [0.15, 0.2) is 0 Å². The largest absolute Gasteiger partial charge is 0.405 e. The summed E-state index contributed by atoms with van der Waals surface area (Å²) in [6.45, 7) is 10.6. The van der Waals surface area contributed by atoms with Gasteiger partial charge in [-0.1, -0.05) is 134 Å². The molecule has 4 aromatic rings. The molecular weight excluding hydrogens is 583 g/mol. The van der Waals surface area contributed by atoms with Gasteiger partial charge in [0.1, 0.15) is 0 Å². The topological polar surface area (TPSA) is 61.9 Å². The van der Waals surface area contributed by atoms with Crippen LogP contribution in [-0.2, 0) is 6.42 Å². The van der Waals surface area contributed by atoms with E-state index in [2.05, 4.69) is 140 Å². The highest BCUT2D eigenvalue weighted by atomic mass is 14.9. The standard InChI is InChI=1S/C45H45N3/c1-5-15-44-39(26-24-36-18-14-20-41(33-36)38(7-3)29-31-47)27-28-43(45(44)48-42-21-9-8-10-22-42)34(4)23-25-37(6-2)40-19-13-17-35(32-40)16-11-12-30-46/h5-15,17-33,46,48H,4,16,47H2,1-3H3/b12-11-,15-5-,25-23-,26-24+,31-29-,37-6+,38-7+,46-30?. The molecule has 0 atom stereocenters. The Balaban J connectivity index is 1.73. The number of anilines is 2. The van der Waals surface area contributed by atoms with Crippen LogP contribution in [0.3, 0.4) is 0 Å². The maximum absolute atomic E-state index is 7.24. The first-order valence-electron chi connectivity index (χ1n) is 16.2. The Kier molecular flexibility index (Phi) is 13.3. The van der Waals surface area contributed by atoms with Crippen molar-refractivity contribution in [3.8, 4) is 0 Å². The molecule has 3 nitrogen and oxygen atoms in total. The molecule has 48 heavy (non-hydrogen) atoms. The molecule has 0 fully saturated rings. The number of benzene rings is 4. The first-order valence-corrected chi connectivity index (χ1v) is 16.2. The molecule has 0 saturated carbocycles. The number of rotatable bonds is 14. The third-order valence-electron chi connectivity index (χ3n) is 7.88. The predicted octanol–water partition coefficient (Wildman–Crippen LogP) is 11.9. The van der Waals surface area contributed by atoms with Gasteiger partial charge < -0.3 is 16.5 Å². The number of nitrogens with one attached hydrogen (secondary N) is 2. The van der Waals surface area contributed by atoms with E-state index in [1.54, 1.807) is 12.3 Å². The van der Waals surface area contributed by atoms with E-state index in [-0.39, 0.29) is 0 Å². The Bertz CT molecular complexity index is 1930. The Morgan fingerprint density at radius 1 is 0.771 bits per heavy atom. The second kappa shape index (κ2) is 18.3. The van der Waals surface area contributed by atoms with Gasteiger partial charge in [0.2, 0.25) is 0 Å². The molecule has 240 valence electrons. The van der Waals surface area contributed by atoms with Gasteiger partial charge >= 0.3 is 0 Å². The Morgan fingerprint density at radius 3 is 2.21 bits per heavy atom. The van der Waals surface area contributed by atoms with E-state index in [0.29, 0.717) is 0 Å². The lowest BCUT2D eigenvalue weighted by atomic mass is 9.94. The minimum atomic E-state index is 0.785. The SMILES string of the molecule is C=C(/C=C\C(=C/C)c1cccc(C/C=C\C=N)c1)c1ccc(/C=C/c2cccc(C(/C=C\N)=C/C)c2)c(/C=C\C)c1Nc1ccccc1. The van der Waals surface area contributed by atoms with E-state index in [1.165, 1.54) is 11.8 Å². The number of allylic oxidation sites excluding steroid dienone is 11. The zero-order valence-electron chi connectivity index (χ0n) is 28.2. The summed E-state index contributed by atoms with van der Waals surface area (Å²) >= 11 is 0. The van der Waals surface area contributed by atoms with Crippen molar-refractivity contribution in [3.05, 3.63) is 191 Å². The van der Waals surface area contributed by atoms with Gasteiger partial charge in [-0.15, -0.1) is 0 Å². The van der Waals surface area contributed by atoms with Gasteiger partial charge in [0.25, 0.3) is 0 Å². The number of para-hydroxylation sites is 1. The van der Waals surface area contributed by atoms with Gasteiger partial charge in [0, 0.05) is 23.0 Å². The highest BCUT2D eigenvalue weighted by molar-refractivity contribution is 5.93. The summed E-state index contributed by atoms with van der Waals surface area (Å²) in [7, 11) is 0. The summed E-state index contributed by atoms with van der Waals surface area (Å²) in [4.78, 5) is 0. The zero-order valence-corrected chi connectivity index (χ0v) is 28.2. The van der Waals surface area contributed by atoms with Gasteiger partial charge in [-0.05, 0) is 108 Å². The van der Waals surface area contributed by atoms with E-state index in [1.807, 2.05) is 44.2 Å². The van der Waals surface area contributed by atoms with Crippen LogP contribution in [0.5, 0.6) is 0 Å². The molecule has 4 aromatic carbocycles. The van der Waals surface area contributed by atoms with E-state index in [9.17, 15) is 0 Å². The van der Waals surface area contributed by atoms with Crippen LogP contribution >= 0.6 is 0 Å². The van der Waals surface area contributed by atoms with Crippen molar-refractivity contribution in [3.63, 3.8) is 0 Å². The van der Waals surface area contributed by atoms with Crippen molar-refractivity contribution in [1.82, 2.24) is 0 Å². The fourth-order valence-corrected chi connectivity index (χ4v) is 5.46. The monoisotopic (exact) mass is 627 g/mol. The summed E-state index contributed by atoms with van der Waals surface area (Å²) < 4.78 is 0. The minimum absolute atomic E-state index is 0.785. The van der Waals surface area contributed by atoms with Gasteiger partial charge in [0.05, 0.1) is 5.69 Å². The Labute approximate surface area is 286 Å². The first kappa shape index (κ1) is 34.9. The molecule has 0 spiro atoms. The lowest BCUT2D eigenvalue weighted by Gasteiger charge is -2.18. The molecular formula is C45H45N3. The van der Waals surface area contributed by atoms with E-state index >= 15 is 0 Å². The van der Waals surface area contributed by atoms with E-state index in [4.69, 9.17) is 11.1 Å². The molecule has 3 heteroatoms.